The maximum Gasteiger partial charge on any atom is 0.244 e. The van der Waals surface area contributed by atoms with Crippen molar-refractivity contribution >= 4 is 12.0 Å². The first-order valence-electron chi connectivity index (χ1n) is 7.32. The van der Waals surface area contributed by atoms with Crippen LogP contribution in [0.4, 0.5) is 0 Å². The number of ether oxygens (including phenoxy) is 1. The smallest absolute Gasteiger partial charge is 0.244 e. The topological polar surface area (TPSA) is 38.3 Å². The Hall–Kier alpha value is -1.77. The lowest BCUT2D eigenvalue weighted by atomic mass is 10.1. The van der Waals surface area contributed by atoms with Gasteiger partial charge in [-0.25, -0.2) is 0 Å². The summed E-state index contributed by atoms with van der Waals surface area (Å²) in [5.41, 5.74) is 0.989. The van der Waals surface area contributed by atoms with Crippen LogP contribution >= 0.6 is 0 Å². The third-order valence-electron chi connectivity index (χ3n) is 3.16. The van der Waals surface area contributed by atoms with Crippen LogP contribution in [0.2, 0.25) is 0 Å². The number of benzene rings is 1. The van der Waals surface area contributed by atoms with Crippen molar-refractivity contribution in [3.05, 3.63) is 35.9 Å². The van der Waals surface area contributed by atoms with E-state index in [4.69, 9.17) is 4.74 Å². The highest BCUT2D eigenvalue weighted by atomic mass is 16.5. The number of hydrogen-bond donors (Lipinski definition) is 1. The van der Waals surface area contributed by atoms with Crippen molar-refractivity contribution in [2.75, 3.05) is 7.11 Å². The Balaban J connectivity index is 2.52. The van der Waals surface area contributed by atoms with Gasteiger partial charge in [0.1, 0.15) is 5.75 Å². The van der Waals surface area contributed by atoms with Crippen molar-refractivity contribution in [3.8, 4) is 5.75 Å². The van der Waals surface area contributed by atoms with Gasteiger partial charge in [0.15, 0.2) is 0 Å². The minimum atomic E-state index is -0.0206. The summed E-state index contributed by atoms with van der Waals surface area (Å²) in [6, 6.07) is 7.91. The Morgan fingerprint density at radius 1 is 1.20 bits per heavy atom. The first-order chi connectivity index (χ1) is 9.69. The average Bonchev–Trinajstić information content (AvgIpc) is 2.46. The molecule has 3 nitrogen and oxygen atoms in total. The van der Waals surface area contributed by atoms with Gasteiger partial charge in [-0.3, -0.25) is 4.79 Å². The van der Waals surface area contributed by atoms with Gasteiger partial charge in [0.05, 0.1) is 7.11 Å². The van der Waals surface area contributed by atoms with E-state index in [1.165, 1.54) is 0 Å². The second-order valence-corrected chi connectivity index (χ2v) is 4.89. The average molecular weight is 275 g/mol. The third-order valence-corrected chi connectivity index (χ3v) is 3.16. The predicted octanol–water partition coefficient (Wildman–Crippen LogP) is 3.79. The number of amides is 1. The van der Waals surface area contributed by atoms with Gasteiger partial charge in [0, 0.05) is 12.1 Å². The molecule has 1 rings (SSSR count). The molecule has 1 amide bonds. The first kappa shape index (κ1) is 16.3. The molecule has 0 fully saturated rings. The predicted molar refractivity (Wildman–Crippen MR) is 83.8 cm³/mol. The number of methoxy groups -OCH3 is 1. The highest BCUT2D eigenvalue weighted by Gasteiger charge is 2.08. The van der Waals surface area contributed by atoms with Crippen molar-refractivity contribution in [3.63, 3.8) is 0 Å². The number of rotatable bonds is 8. The Morgan fingerprint density at radius 3 is 2.30 bits per heavy atom. The summed E-state index contributed by atoms with van der Waals surface area (Å²) in [7, 11) is 1.64. The summed E-state index contributed by atoms with van der Waals surface area (Å²) in [4.78, 5) is 11.9. The van der Waals surface area contributed by atoms with E-state index in [0.29, 0.717) is 0 Å². The molecule has 3 heteroatoms. The van der Waals surface area contributed by atoms with Gasteiger partial charge in [-0.2, -0.15) is 0 Å². The zero-order chi connectivity index (χ0) is 14.8. The summed E-state index contributed by atoms with van der Waals surface area (Å²) in [6.07, 6.45) is 7.68. The molecule has 0 saturated carbocycles. The van der Waals surface area contributed by atoms with E-state index < -0.39 is 0 Å². The number of carbonyl (C=O) groups excluding carboxylic acids is 1. The fourth-order valence-electron chi connectivity index (χ4n) is 2.12. The van der Waals surface area contributed by atoms with Gasteiger partial charge < -0.3 is 10.1 Å². The molecule has 1 N–H and O–H groups in total. The molecule has 1 aromatic rings. The van der Waals surface area contributed by atoms with Crippen molar-refractivity contribution in [2.24, 2.45) is 0 Å². The zero-order valence-electron chi connectivity index (χ0n) is 12.7. The van der Waals surface area contributed by atoms with Crippen molar-refractivity contribution in [2.45, 2.75) is 45.6 Å². The minimum absolute atomic E-state index is 0.0206. The summed E-state index contributed by atoms with van der Waals surface area (Å²) in [5.74, 6) is 0.797. The van der Waals surface area contributed by atoms with Gasteiger partial charge >= 0.3 is 0 Å². The summed E-state index contributed by atoms with van der Waals surface area (Å²) >= 11 is 0. The van der Waals surface area contributed by atoms with Crippen LogP contribution in [0.3, 0.4) is 0 Å². The molecule has 110 valence electrons. The van der Waals surface area contributed by atoms with Crippen molar-refractivity contribution < 1.29 is 9.53 Å². The first-order valence-corrected chi connectivity index (χ1v) is 7.32. The second-order valence-electron chi connectivity index (χ2n) is 4.89. The van der Waals surface area contributed by atoms with Crippen LogP contribution in [0.1, 0.15) is 45.1 Å². The normalized spacial score (nSPS) is 11.0. The van der Waals surface area contributed by atoms with Crippen LogP contribution in [0.15, 0.2) is 30.3 Å². The largest absolute Gasteiger partial charge is 0.497 e. The lowest BCUT2D eigenvalue weighted by Crippen LogP contribution is -2.33. The number of nitrogens with one attached hydrogen (secondary N) is 1. The quantitative estimate of drug-likeness (QED) is 0.733. The van der Waals surface area contributed by atoms with Crippen LogP contribution in [0, 0.1) is 0 Å². The van der Waals surface area contributed by atoms with E-state index in [0.717, 1.165) is 37.0 Å². The van der Waals surface area contributed by atoms with E-state index in [-0.39, 0.29) is 11.9 Å². The Bertz CT molecular complexity index is 417. The molecule has 0 aliphatic rings. The molecule has 0 bridgehead atoms. The fraction of sp³-hybridized carbons (Fsp3) is 0.471. The maximum atomic E-state index is 11.9. The molecule has 0 heterocycles. The van der Waals surface area contributed by atoms with E-state index in [1.807, 2.05) is 30.3 Å². The molecule has 1 aromatic carbocycles. The molecule has 0 spiro atoms. The molecular formula is C17H25NO2. The molecule has 0 aliphatic carbocycles. The van der Waals surface area contributed by atoms with Crippen molar-refractivity contribution in [1.29, 1.82) is 0 Å². The van der Waals surface area contributed by atoms with Crippen molar-refractivity contribution in [1.82, 2.24) is 5.32 Å². The van der Waals surface area contributed by atoms with Gasteiger partial charge in [0.25, 0.3) is 0 Å². The van der Waals surface area contributed by atoms with Gasteiger partial charge in [0.2, 0.25) is 5.91 Å². The zero-order valence-corrected chi connectivity index (χ0v) is 12.7. The summed E-state index contributed by atoms with van der Waals surface area (Å²) in [5, 5.41) is 3.06. The fourth-order valence-corrected chi connectivity index (χ4v) is 2.12. The molecule has 0 atom stereocenters. The van der Waals surface area contributed by atoms with Crippen LogP contribution in [0.25, 0.3) is 6.08 Å². The summed E-state index contributed by atoms with van der Waals surface area (Å²) in [6.45, 7) is 4.28. The van der Waals surface area contributed by atoms with E-state index >= 15 is 0 Å². The molecule has 20 heavy (non-hydrogen) atoms. The van der Waals surface area contributed by atoms with Crippen LogP contribution < -0.4 is 10.1 Å². The number of hydrogen-bond acceptors (Lipinski definition) is 2. The number of carbonyl (C=O) groups is 1. The molecule has 0 saturated heterocycles. The van der Waals surface area contributed by atoms with Crippen LogP contribution in [-0.2, 0) is 4.79 Å². The molecule has 0 unspecified atom stereocenters. The lowest BCUT2D eigenvalue weighted by molar-refractivity contribution is -0.117. The maximum absolute atomic E-state index is 11.9. The van der Waals surface area contributed by atoms with E-state index in [9.17, 15) is 4.79 Å². The Morgan fingerprint density at radius 2 is 1.80 bits per heavy atom. The van der Waals surface area contributed by atoms with Gasteiger partial charge in [-0.1, -0.05) is 38.8 Å². The van der Waals surface area contributed by atoms with Crippen LogP contribution in [-0.4, -0.2) is 19.1 Å². The SMILES string of the molecule is CCCC(CCC)NC(=O)/C=C/c1ccc(OC)cc1. The molecule has 0 aromatic heterocycles. The monoisotopic (exact) mass is 275 g/mol. The highest BCUT2D eigenvalue weighted by molar-refractivity contribution is 5.91. The summed E-state index contributed by atoms with van der Waals surface area (Å²) < 4.78 is 5.10. The van der Waals surface area contributed by atoms with Gasteiger partial charge in [-0.05, 0) is 36.6 Å². The minimum Gasteiger partial charge on any atom is -0.497 e. The van der Waals surface area contributed by atoms with E-state index in [1.54, 1.807) is 13.2 Å². The highest BCUT2D eigenvalue weighted by Crippen LogP contribution is 2.12. The second kappa shape index (κ2) is 9.18. The lowest BCUT2D eigenvalue weighted by Gasteiger charge is -2.15. The third kappa shape index (κ3) is 5.91. The van der Waals surface area contributed by atoms with Gasteiger partial charge in [-0.15, -0.1) is 0 Å². The molecule has 0 aliphatic heterocycles. The molecule has 0 radical (unpaired) electrons. The van der Waals surface area contributed by atoms with E-state index in [2.05, 4.69) is 19.2 Å². The standard InChI is InChI=1S/C17H25NO2/c1-4-6-15(7-5-2)18-17(19)13-10-14-8-11-16(20-3)12-9-14/h8-13,15H,4-7H2,1-3H3,(H,18,19)/b13-10+. The Labute approximate surface area is 122 Å². The molecular weight excluding hydrogens is 250 g/mol. The Kier molecular flexibility index (Phi) is 7.48. The van der Waals surface area contributed by atoms with Crippen LogP contribution in [0.5, 0.6) is 5.75 Å².